The van der Waals surface area contributed by atoms with Crippen LogP contribution in [0.25, 0.3) is 0 Å². The number of carbonyl (C=O) groups excluding carboxylic acids is 4. The van der Waals surface area contributed by atoms with E-state index in [1.807, 2.05) is 5.32 Å². The van der Waals surface area contributed by atoms with Crippen molar-refractivity contribution in [2.75, 3.05) is 0 Å². The minimum atomic E-state index is -1.93. The third kappa shape index (κ3) is 15.4. The Morgan fingerprint density at radius 3 is 1.32 bits per heavy atom. The van der Waals surface area contributed by atoms with E-state index in [1.54, 1.807) is 0 Å². The van der Waals surface area contributed by atoms with E-state index in [1.165, 1.54) is 6.92 Å². The number of rotatable bonds is 20. The summed E-state index contributed by atoms with van der Waals surface area (Å²) in [6.45, 7) is 1.18. The molecule has 5 atom stereocenters. The number of aliphatic carboxylic acids is 5. The number of hydrogen-bond acceptors (Lipinski definition) is 10. The number of amides is 4. The fourth-order valence-corrected chi connectivity index (χ4v) is 3.09. The van der Waals surface area contributed by atoms with Crippen LogP contribution in [0.4, 0.5) is 0 Å². The first-order chi connectivity index (χ1) is 18.9. The summed E-state index contributed by atoms with van der Waals surface area (Å²) < 4.78 is 0. The number of nitrogens with one attached hydrogen (secondary N) is 4. The van der Waals surface area contributed by atoms with E-state index in [2.05, 4.69) is 16.0 Å². The van der Waals surface area contributed by atoms with Crippen molar-refractivity contribution in [3.05, 3.63) is 0 Å². The summed E-state index contributed by atoms with van der Waals surface area (Å²) in [6, 6.07) is -7.94. The lowest BCUT2D eigenvalue weighted by Gasteiger charge is -2.25. The van der Waals surface area contributed by atoms with Gasteiger partial charge in [-0.15, -0.1) is 0 Å². The zero-order chi connectivity index (χ0) is 31.9. The van der Waals surface area contributed by atoms with E-state index >= 15 is 0 Å². The lowest BCUT2D eigenvalue weighted by atomic mass is 10.1. The van der Waals surface area contributed by atoms with Gasteiger partial charge in [-0.2, -0.15) is 0 Å². The van der Waals surface area contributed by atoms with Crippen molar-refractivity contribution < 1.29 is 68.7 Å². The summed E-state index contributed by atoms with van der Waals surface area (Å²) >= 11 is 0. The highest BCUT2D eigenvalue weighted by Gasteiger charge is 2.32. The molecular weight excluding hydrogens is 558 g/mol. The Balaban J connectivity index is 5.68. The molecule has 0 heterocycles. The molecule has 230 valence electrons. The van der Waals surface area contributed by atoms with Crippen molar-refractivity contribution in [2.45, 2.75) is 82.1 Å². The molecule has 0 aromatic rings. The summed E-state index contributed by atoms with van der Waals surface area (Å²) in [7, 11) is 0. The molecule has 0 bridgehead atoms. The molecule has 4 amide bonds. The zero-order valence-electron chi connectivity index (χ0n) is 21.8. The van der Waals surface area contributed by atoms with Crippen LogP contribution in [-0.4, -0.2) is 109 Å². The van der Waals surface area contributed by atoms with Gasteiger partial charge in [-0.1, -0.05) is 0 Å². The van der Waals surface area contributed by atoms with Gasteiger partial charge in [0.1, 0.15) is 24.2 Å². The zero-order valence-corrected chi connectivity index (χ0v) is 21.8. The Morgan fingerprint density at radius 2 is 0.927 bits per heavy atom. The highest BCUT2D eigenvalue weighted by Crippen LogP contribution is 2.05. The maximum absolute atomic E-state index is 12.9. The lowest BCUT2D eigenvalue weighted by Crippen LogP contribution is -2.58. The predicted octanol–water partition coefficient (Wildman–Crippen LogP) is -3.57. The highest BCUT2D eigenvalue weighted by atomic mass is 16.4. The van der Waals surface area contributed by atoms with Gasteiger partial charge in [-0.05, 0) is 26.2 Å². The first kappa shape index (κ1) is 36.2. The van der Waals surface area contributed by atoms with Crippen LogP contribution in [0.5, 0.6) is 0 Å². The molecule has 0 aliphatic carbocycles. The van der Waals surface area contributed by atoms with E-state index in [9.17, 15) is 43.2 Å². The Morgan fingerprint density at radius 1 is 0.537 bits per heavy atom. The van der Waals surface area contributed by atoms with Gasteiger partial charge in [0.05, 0.1) is 12.5 Å². The molecule has 41 heavy (non-hydrogen) atoms. The third-order valence-corrected chi connectivity index (χ3v) is 5.31. The van der Waals surface area contributed by atoms with Gasteiger partial charge < -0.3 is 52.5 Å². The van der Waals surface area contributed by atoms with E-state index in [-0.39, 0.29) is 6.42 Å². The van der Waals surface area contributed by atoms with Gasteiger partial charge in [-0.3, -0.25) is 38.4 Å². The Kier molecular flexibility index (Phi) is 15.6. The molecule has 19 heteroatoms. The normalized spacial score (nSPS) is 14.2. The number of carboxylic acids is 5. The average Bonchev–Trinajstić information content (AvgIpc) is 2.85. The lowest BCUT2D eigenvalue weighted by molar-refractivity contribution is -0.147. The minimum absolute atomic E-state index is 0.242. The van der Waals surface area contributed by atoms with Crippen LogP contribution in [-0.2, 0) is 43.2 Å². The molecule has 0 aliphatic heterocycles. The average molecular weight is 592 g/mol. The van der Waals surface area contributed by atoms with E-state index in [0.717, 1.165) is 0 Å². The predicted molar refractivity (Wildman–Crippen MR) is 132 cm³/mol. The first-order valence-corrected chi connectivity index (χ1v) is 12.0. The van der Waals surface area contributed by atoms with Crippen molar-refractivity contribution in [1.82, 2.24) is 21.3 Å². The Bertz CT molecular complexity index is 1030. The molecule has 0 aromatic heterocycles. The number of hydrogen-bond donors (Lipinski definition) is 10. The van der Waals surface area contributed by atoms with E-state index in [0.29, 0.717) is 0 Å². The Hall–Kier alpha value is -4.81. The molecule has 0 rings (SSSR count). The maximum Gasteiger partial charge on any atom is 0.326 e. The van der Waals surface area contributed by atoms with Crippen molar-refractivity contribution in [2.24, 2.45) is 5.73 Å². The molecule has 0 radical (unpaired) electrons. The molecule has 19 nitrogen and oxygen atoms in total. The van der Waals surface area contributed by atoms with Crippen LogP contribution in [0, 0.1) is 0 Å². The first-order valence-electron chi connectivity index (χ1n) is 12.0. The van der Waals surface area contributed by atoms with Crippen LogP contribution < -0.4 is 27.0 Å². The van der Waals surface area contributed by atoms with E-state index in [4.69, 9.17) is 31.3 Å². The summed E-state index contributed by atoms with van der Waals surface area (Å²) in [5, 5.41) is 53.0. The van der Waals surface area contributed by atoms with Gasteiger partial charge in [0.2, 0.25) is 23.6 Å². The van der Waals surface area contributed by atoms with Crippen LogP contribution in [0.3, 0.4) is 0 Å². The summed E-state index contributed by atoms with van der Waals surface area (Å²) in [5.74, 6) is -11.6. The molecule has 5 unspecified atom stereocenters. The second-order valence-corrected chi connectivity index (χ2v) is 8.75. The van der Waals surface area contributed by atoms with Crippen LogP contribution in [0.1, 0.15) is 51.9 Å². The van der Waals surface area contributed by atoms with Crippen molar-refractivity contribution in [1.29, 1.82) is 0 Å². The SMILES string of the molecule is CC(NC(=O)C(N)CCC(=O)O)C(=O)NC(CCC(=O)O)C(=O)NC(CCC(=O)O)C(=O)NC(CC(=O)O)C(=O)O. The third-order valence-electron chi connectivity index (χ3n) is 5.31. The van der Waals surface area contributed by atoms with Gasteiger partial charge in [0.15, 0.2) is 0 Å². The second-order valence-electron chi connectivity index (χ2n) is 8.75. The molecular formula is C22H33N5O14. The summed E-state index contributed by atoms with van der Waals surface area (Å²) in [5.41, 5.74) is 5.57. The number of carboxylic acid groups (broad SMARTS) is 5. The number of carbonyl (C=O) groups is 9. The molecule has 11 N–H and O–H groups in total. The molecule has 0 aromatic carbocycles. The Labute approximate surface area is 231 Å². The second kappa shape index (κ2) is 17.7. The standard InChI is InChI=1S/C22H33N5O14/c1-9(24-19(37)10(23)2-5-14(28)29)18(36)25-11(3-6-15(30)31)20(38)26-12(4-7-16(32)33)21(39)27-13(22(40)41)8-17(34)35/h9-13H,2-8,23H2,1H3,(H,24,37)(H,25,36)(H,26,38)(H,27,39)(H,28,29)(H,30,31)(H,32,33)(H,34,35)(H,40,41). The molecule has 0 fully saturated rings. The van der Waals surface area contributed by atoms with Crippen molar-refractivity contribution >= 4 is 53.5 Å². The monoisotopic (exact) mass is 591 g/mol. The fourth-order valence-electron chi connectivity index (χ4n) is 3.09. The molecule has 0 saturated carbocycles. The smallest absolute Gasteiger partial charge is 0.326 e. The quantitative estimate of drug-likeness (QED) is 0.0654. The molecule has 0 aliphatic rings. The van der Waals surface area contributed by atoms with Crippen LogP contribution >= 0.6 is 0 Å². The highest BCUT2D eigenvalue weighted by molar-refractivity contribution is 5.96. The van der Waals surface area contributed by atoms with Gasteiger partial charge >= 0.3 is 29.8 Å². The van der Waals surface area contributed by atoms with Crippen LogP contribution in [0.2, 0.25) is 0 Å². The van der Waals surface area contributed by atoms with Crippen molar-refractivity contribution in [3.8, 4) is 0 Å². The van der Waals surface area contributed by atoms with E-state index < -0.39 is 122 Å². The molecule has 0 saturated heterocycles. The maximum atomic E-state index is 12.9. The summed E-state index contributed by atoms with van der Waals surface area (Å²) in [4.78, 5) is 105. The molecule has 0 spiro atoms. The largest absolute Gasteiger partial charge is 0.481 e. The van der Waals surface area contributed by atoms with Gasteiger partial charge in [-0.25, -0.2) is 4.79 Å². The summed E-state index contributed by atoms with van der Waals surface area (Å²) in [6.07, 6.45) is -4.19. The van der Waals surface area contributed by atoms with Crippen LogP contribution in [0.15, 0.2) is 0 Å². The minimum Gasteiger partial charge on any atom is -0.481 e. The van der Waals surface area contributed by atoms with Crippen molar-refractivity contribution in [3.63, 3.8) is 0 Å². The number of nitrogens with two attached hydrogens (primary N) is 1. The van der Waals surface area contributed by atoms with Gasteiger partial charge in [0, 0.05) is 19.3 Å². The van der Waals surface area contributed by atoms with Gasteiger partial charge in [0.25, 0.3) is 0 Å². The topological polar surface area (TPSA) is 329 Å². The fraction of sp³-hybridized carbons (Fsp3) is 0.591.